The van der Waals surface area contributed by atoms with E-state index in [0.29, 0.717) is 51.1 Å². The summed E-state index contributed by atoms with van der Waals surface area (Å²) in [5, 5.41) is 15.0. The zero-order valence-electron chi connectivity index (χ0n) is 63.1. The molecule has 0 saturated carbocycles. The zero-order valence-corrected chi connectivity index (χ0v) is 63.1. The fraction of sp³-hybridized carbons (Fsp3) is 0.500. The number of piperidine rings is 1. The summed E-state index contributed by atoms with van der Waals surface area (Å²) in [6, 6.07) is 11.3. The number of fused-ring (bicyclic) bond motifs is 9. The second-order valence-corrected chi connectivity index (χ2v) is 29.4. The van der Waals surface area contributed by atoms with Crippen molar-refractivity contribution in [2.75, 3.05) is 79.2 Å². The second kappa shape index (κ2) is 31.8. The summed E-state index contributed by atoms with van der Waals surface area (Å²) in [5.74, 6) is 4.66. The van der Waals surface area contributed by atoms with Crippen molar-refractivity contribution in [3.8, 4) is 33.4 Å². The van der Waals surface area contributed by atoms with Gasteiger partial charge in [-0.3, -0.25) is 29.7 Å². The Morgan fingerprint density at radius 1 is 0.421 bits per heavy atom. The van der Waals surface area contributed by atoms with Gasteiger partial charge in [-0.05, 0) is 206 Å². The summed E-state index contributed by atoms with van der Waals surface area (Å²) in [6.07, 6.45) is 8.50. The van der Waals surface area contributed by atoms with E-state index in [2.05, 4.69) is 95.4 Å². The van der Waals surface area contributed by atoms with E-state index in [-0.39, 0.29) is 31.9 Å². The highest BCUT2D eigenvalue weighted by molar-refractivity contribution is 6.07. The number of imidazole rings is 3. The summed E-state index contributed by atoms with van der Waals surface area (Å²) in [7, 11) is 2.12. The molecule has 3 aliphatic rings. The SMILES string of the molecule is Cc1cc2c(cc1-c1c(C)noc1C)ncc1nc(CN3CCC(C)(F)CC3)n([C@@H](C)COC(F)F)c12.Cc1cc2c(cc1-c1c(C)noc1C)ncc1nc(CN3CCCC3)n([C@@H](C)COC(F)F)c12.Cc1cc2c(cc1-c1c(C)noc1C)ncc1nc(CN3CCN(C)CC3)n([C@@H](C)COC(F)F)c12. The van der Waals surface area contributed by atoms with Crippen LogP contribution in [0.3, 0.4) is 0 Å². The number of aromatic nitrogens is 12. The molecule has 3 atom stereocenters. The van der Waals surface area contributed by atoms with Crippen molar-refractivity contribution in [2.45, 2.75) is 179 Å². The number of benzene rings is 3. The van der Waals surface area contributed by atoms with Crippen LogP contribution in [0.15, 0.2) is 68.6 Å². The Kier molecular flexibility index (Phi) is 22.7. The summed E-state index contributed by atoms with van der Waals surface area (Å²) in [4.78, 5) is 38.0. The number of ether oxygens (including phenoxy) is 3. The number of rotatable bonds is 21. The van der Waals surface area contributed by atoms with E-state index in [0.717, 1.165) is 201 Å². The van der Waals surface area contributed by atoms with Crippen molar-refractivity contribution in [3.63, 3.8) is 0 Å². The average molecular weight is 1480 g/mol. The summed E-state index contributed by atoms with van der Waals surface area (Å²) >= 11 is 0. The van der Waals surface area contributed by atoms with Crippen LogP contribution in [0.4, 0.5) is 30.7 Å². The quantitative estimate of drug-likeness (QED) is 0.0612. The number of pyridine rings is 3. The van der Waals surface area contributed by atoms with E-state index in [1.807, 2.05) is 79.9 Å². The van der Waals surface area contributed by atoms with E-state index in [1.165, 1.54) is 12.8 Å². The predicted molar refractivity (Wildman–Crippen MR) is 396 cm³/mol. The maximum absolute atomic E-state index is 14.4. The van der Waals surface area contributed by atoms with Crippen LogP contribution in [-0.4, -0.2) is 183 Å². The van der Waals surface area contributed by atoms with Crippen molar-refractivity contribution < 1.29 is 58.5 Å². The van der Waals surface area contributed by atoms with Crippen LogP contribution in [0, 0.1) is 62.3 Å². The van der Waals surface area contributed by atoms with Gasteiger partial charge >= 0.3 is 19.8 Å². The Balaban J connectivity index is 0.000000142. The van der Waals surface area contributed by atoms with Gasteiger partial charge in [0.2, 0.25) is 0 Å². The maximum atomic E-state index is 14.4. The molecule has 9 aromatic heterocycles. The standard InChI is InChI=1S/C27H32F3N5O2.C26H32F2N6O2.C25H29F2N5O2/c1-15-10-20-21(11-19(15)24-17(3)33-37-18(24)4)31-12-22-25(20)35(16(2)14-36-26(28)29)23(32-22)13-34-8-6-27(5,30)7-9-34;1-15-10-20-21(11-19(15)24-17(3)31-36-18(24)4)29-12-22-25(20)34(16(2)14-35-26(27)28)23(30-22)13-33-8-6-32(5)7-9-33;1-14-9-19-20(10-18(14)23-16(3)30-34-17(23)4)28-11-21-24(19)32(15(2)13-33-25(26)27)22(29-21)12-31-7-5-6-8-31/h10-12,16,26H,6-9,13-14H2,1-5H3;10-12,16,26H,6-9,13-14H2,1-5H3;9-11,15,25H,5-8,12-13H2,1-4H3/t2*16-;15-/m000/s1. The molecule has 3 aromatic carbocycles. The first-order valence-electron chi connectivity index (χ1n) is 36.5. The van der Waals surface area contributed by atoms with E-state index in [1.54, 1.807) is 25.5 Å². The number of likely N-dealkylation sites (N-methyl/N-ethyl adjacent to an activating group) is 1. The van der Waals surface area contributed by atoms with Gasteiger partial charge < -0.3 is 46.4 Å². The van der Waals surface area contributed by atoms with E-state index in [4.69, 9.17) is 57.7 Å². The number of likely N-dealkylation sites (tertiary alicyclic amines) is 2. The third-order valence-corrected chi connectivity index (χ3v) is 21.2. The van der Waals surface area contributed by atoms with Crippen molar-refractivity contribution in [1.29, 1.82) is 0 Å². The van der Waals surface area contributed by atoms with Crippen LogP contribution >= 0.6 is 0 Å². The molecule has 107 heavy (non-hydrogen) atoms. The van der Waals surface area contributed by atoms with E-state index in [9.17, 15) is 30.7 Å². The molecular weight excluding hydrogens is 1390 g/mol. The molecule has 0 unspecified atom stereocenters. The number of halogens is 7. The fourth-order valence-electron chi connectivity index (χ4n) is 15.7. The Morgan fingerprint density at radius 3 is 1.01 bits per heavy atom. The monoisotopic (exact) mass is 1480 g/mol. The van der Waals surface area contributed by atoms with Gasteiger partial charge in [0.1, 0.15) is 57.0 Å². The predicted octanol–water partition coefficient (Wildman–Crippen LogP) is 16.6. The van der Waals surface area contributed by atoms with Crippen molar-refractivity contribution in [2.24, 2.45) is 0 Å². The molecule has 15 rings (SSSR count). The molecule has 22 nitrogen and oxygen atoms in total. The molecule has 3 fully saturated rings. The van der Waals surface area contributed by atoms with Crippen LogP contribution in [0.25, 0.3) is 99.2 Å². The number of piperazine rings is 1. The van der Waals surface area contributed by atoms with Crippen LogP contribution < -0.4 is 0 Å². The molecule has 3 aliphatic heterocycles. The lowest BCUT2D eigenvalue weighted by atomic mass is 9.96. The molecular formula is C78H93F7N16O6. The molecule has 3 saturated heterocycles. The third kappa shape index (κ3) is 16.2. The summed E-state index contributed by atoms with van der Waals surface area (Å²) in [6.45, 7) is 24.9. The van der Waals surface area contributed by atoms with Gasteiger partial charge in [0.05, 0.1) is 126 Å². The lowest BCUT2D eigenvalue weighted by Crippen LogP contribution is -2.44. The minimum atomic E-state index is -2.86. The van der Waals surface area contributed by atoms with Gasteiger partial charge in [-0.25, -0.2) is 19.3 Å². The van der Waals surface area contributed by atoms with Crippen molar-refractivity contribution in [1.82, 2.24) is 78.7 Å². The normalized spacial score (nSPS) is 16.6. The lowest BCUT2D eigenvalue weighted by molar-refractivity contribution is -0.135. The highest BCUT2D eigenvalue weighted by atomic mass is 19.3. The van der Waals surface area contributed by atoms with Gasteiger partial charge in [-0.15, -0.1) is 0 Å². The molecule has 0 bridgehead atoms. The van der Waals surface area contributed by atoms with Crippen LogP contribution in [0.2, 0.25) is 0 Å². The molecule has 12 aromatic rings. The van der Waals surface area contributed by atoms with E-state index < -0.39 is 31.5 Å². The molecule has 29 heteroatoms. The minimum Gasteiger partial charge on any atom is -0.361 e. The lowest BCUT2D eigenvalue weighted by Gasteiger charge is -2.34. The first kappa shape index (κ1) is 76.4. The van der Waals surface area contributed by atoms with Crippen LogP contribution in [0.1, 0.15) is 140 Å². The molecule has 12 heterocycles. The van der Waals surface area contributed by atoms with Crippen LogP contribution in [-0.2, 0) is 33.8 Å². The molecule has 0 radical (unpaired) electrons. The largest absolute Gasteiger partial charge is 0.361 e. The first-order valence-corrected chi connectivity index (χ1v) is 36.5. The topological polar surface area (TPSA) is 211 Å². The zero-order chi connectivity index (χ0) is 76.0. The van der Waals surface area contributed by atoms with Gasteiger partial charge in [0.15, 0.2) is 0 Å². The number of aryl methyl sites for hydroxylation is 9. The van der Waals surface area contributed by atoms with Crippen molar-refractivity contribution >= 4 is 65.8 Å². The van der Waals surface area contributed by atoms with Crippen LogP contribution in [0.5, 0.6) is 0 Å². The van der Waals surface area contributed by atoms with E-state index >= 15 is 0 Å². The summed E-state index contributed by atoms with van der Waals surface area (Å²) < 4.78 is 128. The number of hydrogen-bond acceptors (Lipinski definition) is 19. The summed E-state index contributed by atoms with van der Waals surface area (Å²) in [5.41, 5.74) is 17.5. The minimum absolute atomic E-state index is 0.101. The number of nitrogens with zero attached hydrogens (tertiary/aromatic N) is 16. The molecule has 0 amide bonds. The van der Waals surface area contributed by atoms with Gasteiger partial charge in [-0.1, -0.05) is 15.5 Å². The smallest absolute Gasteiger partial charge is 0.345 e. The molecule has 0 spiro atoms. The van der Waals surface area contributed by atoms with Gasteiger partial charge in [0, 0.05) is 72.1 Å². The van der Waals surface area contributed by atoms with Gasteiger partial charge in [-0.2, -0.15) is 26.3 Å². The third-order valence-electron chi connectivity index (χ3n) is 21.2. The maximum Gasteiger partial charge on any atom is 0.345 e. The Labute approximate surface area is 615 Å². The second-order valence-electron chi connectivity index (χ2n) is 29.4. The Hall–Kier alpha value is -8.84. The van der Waals surface area contributed by atoms with Crippen molar-refractivity contribution in [3.05, 3.63) is 124 Å². The first-order chi connectivity index (χ1) is 51.1. The highest BCUT2D eigenvalue weighted by Crippen LogP contribution is 2.41. The number of alkyl halides is 7. The number of hydrogen-bond donors (Lipinski definition) is 0. The fourth-order valence-corrected chi connectivity index (χ4v) is 15.7. The molecule has 0 aliphatic carbocycles. The molecule has 0 N–H and O–H groups in total. The Morgan fingerprint density at radius 2 is 0.720 bits per heavy atom. The Bertz CT molecular complexity index is 5120. The van der Waals surface area contributed by atoms with Gasteiger partial charge in [0.25, 0.3) is 0 Å². The molecule has 570 valence electrons. The highest BCUT2D eigenvalue weighted by Gasteiger charge is 2.33. The average Bonchev–Trinajstić information content (AvgIpc) is 1.63.